The lowest BCUT2D eigenvalue weighted by Gasteiger charge is -2.22. The second kappa shape index (κ2) is 5.85. The third-order valence-electron chi connectivity index (χ3n) is 2.92. The Balaban J connectivity index is 2.34. The van der Waals surface area contributed by atoms with Crippen molar-refractivity contribution in [1.82, 2.24) is 4.72 Å². The first-order valence-electron chi connectivity index (χ1n) is 5.99. The van der Waals surface area contributed by atoms with Gasteiger partial charge in [0.25, 0.3) is 0 Å². The zero-order valence-electron chi connectivity index (χ0n) is 9.83. The molecule has 0 heterocycles. The van der Waals surface area contributed by atoms with Crippen molar-refractivity contribution >= 4 is 10.0 Å². The van der Waals surface area contributed by atoms with Crippen molar-refractivity contribution in [3.8, 4) is 0 Å². The van der Waals surface area contributed by atoms with E-state index < -0.39 is 10.0 Å². The van der Waals surface area contributed by atoms with E-state index in [2.05, 4.69) is 18.6 Å². The monoisotopic (exact) mass is 233 g/mol. The molecule has 0 aliphatic heterocycles. The lowest BCUT2D eigenvalue weighted by Crippen LogP contribution is -2.37. The molecule has 0 saturated heterocycles. The lowest BCUT2D eigenvalue weighted by atomic mass is 9.96. The maximum atomic E-state index is 11.7. The molecular formula is C11H23NO2S. The molecular weight excluding hydrogens is 210 g/mol. The molecule has 0 bridgehead atoms. The third kappa shape index (κ3) is 5.52. The van der Waals surface area contributed by atoms with Gasteiger partial charge >= 0.3 is 0 Å². The summed E-state index contributed by atoms with van der Waals surface area (Å²) in [6, 6.07) is 0.205. The van der Waals surface area contributed by atoms with E-state index in [9.17, 15) is 8.42 Å². The molecule has 0 radical (unpaired) electrons. The lowest BCUT2D eigenvalue weighted by molar-refractivity contribution is 0.411. The van der Waals surface area contributed by atoms with Crippen molar-refractivity contribution in [3.05, 3.63) is 0 Å². The highest BCUT2D eigenvalue weighted by Gasteiger charge is 2.19. The normalized spacial score (nSPS) is 19.7. The molecule has 3 nitrogen and oxygen atoms in total. The minimum atomic E-state index is -3.03. The van der Waals surface area contributed by atoms with Crippen LogP contribution < -0.4 is 4.72 Å². The van der Waals surface area contributed by atoms with Crippen molar-refractivity contribution in [2.75, 3.05) is 5.75 Å². The van der Waals surface area contributed by atoms with Gasteiger partial charge in [-0.15, -0.1) is 0 Å². The summed E-state index contributed by atoms with van der Waals surface area (Å²) in [5.41, 5.74) is 0. The van der Waals surface area contributed by atoms with Crippen LogP contribution in [0.1, 0.15) is 52.4 Å². The van der Waals surface area contributed by atoms with Gasteiger partial charge in [-0.3, -0.25) is 0 Å². The van der Waals surface area contributed by atoms with E-state index >= 15 is 0 Å². The Bertz CT molecular complexity index is 266. The third-order valence-corrected chi connectivity index (χ3v) is 4.38. The molecule has 0 aromatic rings. The summed E-state index contributed by atoms with van der Waals surface area (Å²) in [6.45, 7) is 4.10. The SMILES string of the molecule is CC(C)CCS(=O)(=O)NC1CCCCC1. The first-order chi connectivity index (χ1) is 6.99. The standard InChI is InChI=1S/C11H23NO2S/c1-10(2)8-9-15(13,14)12-11-6-4-3-5-7-11/h10-12H,3-9H2,1-2H3. The molecule has 1 aliphatic rings. The molecule has 1 N–H and O–H groups in total. The number of hydrogen-bond donors (Lipinski definition) is 1. The van der Waals surface area contributed by atoms with Crippen LogP contribution in [0.3, 0.4) is 0 Å². The summed E-state index contributed by atoms with van der Waals surface area (Å²) < 4.78 is 26.2. The van der Waals surface area contributed by atoms with E-state index in [1.807, 2.05) is 0 Å². The molecule has 0 spiro atoms. The number of sulfonamides is 1. The molecule has 0 aromatic carbocycles. The van der Waals surface area contributed by atoms with Crippen LogP contribution in [0.2, 0.25) is 0 Å². The van der Waals surface area contributed by atoms with Crippen molar-refractivity contribution < 1.29 is 8.42 Å². The predicted molar refractivity (Wildman–Crippen MR) is 63.3 cm³/mol. The van der Waals surface area contributed by atoms with E-state index in [4.69, 9.17) is 0 Å². The van der Waals surface area contributed by atoms with Gasteiger partial charge < -0.3 is 0 Å². The number of rotatable bonds is 5. The summed E-state index contributed by atoms with van der Waals surface area (Å²) in [5.74, 6) is 0.731. The Labute approximate surface area is 93.7 Å². The predicted octanol–water partition coefficient (Wildman–Crippen LogP) is 2.28. The topological polar surface area (TPSA) is 46.2 Å². The highest BCUT2D eigenvalue weighted by atomic mass is 32.2. The van der Waals surface area contributed by atoms with Crippen molar-refractivity contribution in [2.24, 2.45) is 5.92 Å². The number of nitrogens with one attached hydrogen (secondary N) is 1. The van der Waals surface area contributed by atoms with Crippen LogP contribution in [-0.4, -0.2) is 20.2 Å². The summed E-state index contributed by atoms with van der Waals surface area (Å²) in [7, 11) is -3.03. The van der Waals surface area contributed by atoms with Gasteiger partial charge in [-0.05, 0) is 25.2 Å². The van der Waals surface area contributed by atoms with E-state index in [-0.39, 0.29) is 11.8 Å². The smallest absolute Gasteiger partial charge is 0.211 e. The zero-order valence-corrected chi connectivity index (χ0v) is 10.6. The largest absolute Gasteiger partial charge is 0.212 e. The molecule has 4 heteroatoms. The number of hydrogen-bond acceptors (Lipinski definition) is 2. The fourth-order valence-electron chi connectivity index (χ4n) is 1.92. The summed E-state index contributed by atoms with van der Waals surface area (Å²) >= 11 is 0. The van der Waals surface area contributed by atoms with Crippen LogP contribution in [0.15, 0.2) is 0 Å². The molecule has 0 aromatic heterocycles. The van der Waals surface area contributed by atoms with Gasteiger partial charge in [0, 0.05) is 6.04 Å². The zero-order chi connectivity index (χ0) is 11.3. The molecule has 1 rings (SSSR count). The fraction of sp³-hybridized carbons (Fsp3) is 1.00. The van der Waals surface area contributed by atoms with Gasteiger partial charge in [0.2, 0.25) is 10.0 Å². The molecule has 1 aliphatic carbocycles. The van der Waals surface area contributed by atoms with Gasteiger partial charge in [0.1, 0.15) is 0 Å². The second-order valence-electron chi connectivity index (χ2n) is 4.95. The summed E-state index contributed by atoms with van der Waals surface area (Å²) in [6.07, 6.45) is 6.36. The molecule has 1 fully saturated rings. The Morgan fingerprint density at radius 1 is 1.20 bits per heavy atom. The van der Waals surface area contributed by atoms with Crippen molar-refractivity contribution in [2.45, 2.75) is 58.4 Å². The Kier molecular flexibility index (Phi) is 5.06. The minimum Gasteiger partial charge on any atom is -0.212 e. The first-order valence-corrected chi connectivity index (χ1v) is 7.65. The fourth-order valence-corrected chi connectivity index (χ4v) is 3.57. The molecule has 15 heavy (non-hydrogen) atoms. The van der Waals surface area contributed by atoms with Crippen LogP contribution in [0.5, 0.6) is 0 Å². The van der Waals surface area contributed by atoms with Crippen LogP contribution in [0, 0.1) is 5.92 Å². The first kappa shape index (κ1) is 13.0. The summed E-state index contributed by atoms with van der Waals surface area (Å²) in [5, 5.41) is 0. The maximum absolute atomic E-state index is 11.7. The van der Waals surface area contributed by atoms with E-state index in [1.165, 1.54) is 6.42 Å². The molecule has 90 valence electrons. The minimum absolute atomic E-state index is 0.205. The molecule has 0 unspecified atom stereocenters. The summed E-state index contributed by atoms with van der Waals surface area (Å²) in [4.78, 5) is 0. The molecule has 1 saturated carbocycles. The van der Waals surface area contributed by atoms with Crippen LogP contribution in [-0.2, 0) is 10.0 Å². The quantitative estimate of drug-likeness (QED) is 0.792. The van der Waals surface area contributed by atoms with E-state index in [1.54, 1.807) is 0 Å². The van der Waals surface area contributed by atoms with Gasteiger partial charge in [-0.25, -0.2) is 13.1 Å². The average Bonchev–Trinajstić information content (AvgIpc) is 2.16. The van der Waals surface area contributed by atoms with Gasteiger partial charge in [-0.2, -0.15) is 0 Å². The van der Waals surface area contributed by atoms with Crippen molar-refractivity contribution in [3.63, 3.8) is 0 Å². The van der Waals surface area contributed by atoms with Gasteiger partial charge in [0.15, 0.2) is 0 Å². The Morgan fingerprint density at radius 3 is 2.33 bits per heavy atom. The van der Waals surface area contributed by atoms with E-state index in [0.717, 1.165) is 32.1 Å². The average molecular weight is 233 g/mol. The van der Waals surface area contributed by atoms with E-state index in [0.29, 0.717) is 5.92 Å². The van der Waals surface area contributed by atoms with Crippen LogP contribution in [0.4, 0.5) is 0 Å². The molecule has 0 amide bonds. The second-order valence-corrected chi connectivity index (χ2v) is 6.83. The Morgan fingerprint density at radius 2 is 1.80 bits per heavy atom. The molecule has 0 atom stereocenters. The van der Waals surface area contributed by atoms with Gasteiger partial charge in [-0.1, -0.05) is 33.1 Å². The highest BCUT2D eigenvalue weighted by molar-refractivity contribution is 7.89. The van der Waals surface area contributed by atoms with Crippen molar-refractivity contribution in [1.29, 1.82) is 0 Å². The highest BCUT2D eigenvalue weighted by Crippen LogP contribution is 2.18. The van der Waals surface area contributed by atoms with Gasteiger partial charge in [0.05, 0.1) is 5.75 Å². The maximum Gasteiger partial charge on any atom is 0.211 e. The van der Waals surface area contributed by atoms with Crippen LogP contribution in [0.25, 0.3) is 0 Å². The Hall–Kier alpha value is -0.0900. The van der Waals surface area contributed by atoms with Crippen LogP contribution >= 0.6 is 0 Å².